The minimum Gasteiger partial charge on any atom is -0.484 e. The molecule has 3 rings (SSSR count). The Kier molecular flexibility index (Phi) is 7.63. The van der Waals surface area contributed by atoms with Gasteiger partial charge in [0.05, 0.1) is 12.1 Å². The fourth-order valence-electron chi connectivity index (χ4n) is 4.19. The molecule has 31 heavy (non-hydrogen) atoms. The molecule has 2 amide bonds. The highest BCUT2D eigenvalue weighted by Gasteiger charge is 2.38. The van der Waals surface area contributed by atoms with Gasteiger partial charge in [0.2, 0.25) is 5.91 Å². The predicted octanol–water partition coefficient (Wildman–Crippen LogP) is 2.70. The molecule has 0 bridgehead atoms. The Bertz CT molecular complexity index is 892. The van der Waals surface area contributed by atoms with E-state index < -0.39 is 11.9 Å². The number of aliphatic hydroxyl groups excluding tert-OH is 1. The lowest BCUT2D eigenvalue weighted by Gasteiger charge is -2.34. The van der Waals surface area contributed by atoms with Crippen molar-refractivity contribution in [3.05, 3.63) is 66.0 Å². The summed E-state index contributed by atoms with van der Waals surface area (Å²) in [5.74, 6) is -0.600. The molecule has 3 N–H and O–H groups in total. The van der Waals surface area contributed by atoms with Crippen LogP contribution in [-0.4, -0.2) is 42.2 Å². The van der Waals surface area contributed by atoms with Crippen molar-refractivity contribution in [1.29, 1.82) is 0 Å². The van der Waals surface area contributed by atoms with Crippen LogP contribution in [-0.2, 0) is 15.0 Å². The van der Waals surface area contributed by atoms with Gasteiger partial charge in [-0.2, -0.15) is 0 Å². The molecule has 0 aromatic heterocycles. The Morgan fingerprint density at radius 1 is 1.13 bits per heavy atom. The maximum atomic E-state index is 13.3. The molecule has 1 saturated carbocycles. The number of hydrogen-bond donors (Lipinski definition) is 3. The van der Waals surface area contributed by atoms with Gasteiger partial charge in [0.25, 0.3) is 5.91 Å². The maximum Gasteiger partial charge on any atom is 0.257 e. The Hall–Kier alpha value is -2.93. The first-order chi connectivity index (χ1) is 14.9. The Morgan fingerprint density at radius 2 is 1.87 bits per heavy atom. The normalized spacial score (nSPS) is 23.5. The Morgan fingerprint density at radius 3 is 2.58 bits per heavy atom. The number of carbonyl (C=O) groups excluding carboxylic acids is 2. The van der Waals surface area contributed by atoms with Crippen LogP contribution in [0.2, 0.25) is 0 Å². The van der Waals surface area contributed by atoms with Gasteiger partial charge in [-0.1, -0.05) is 36.4 Å². The molecule has 0 unspecified atom stereocenters. The number of nitrogens with one attached hydrogen (secondary N) is 2. The van der Waals surface area contributed by atoms with E-state index in [0.717, 1.165) is 5.56 Å². The molecular formula is C24H29FN2O4. The monoisotopic (exact) mass is 428 g/mol. The molecule has 166 valence electrons. The van der Waals surface area contributed by atoms with Crippen LogP contribution >= 0.6 is 0 Å². The number of aliphatic hydroxyl groups is 1. The zero-order chi connectivity index (χ0) is 22.3. The number of ether oxygens (including phenoxy) is 1. The van der Waals surface area contributed by atoms with Gasteiger partial charge in [-0.05, 0) is 43.4 Å². The van der Waals surface area contributed by atoms with E-state index in [1.165, 1.54) is 25.1 Å². The molecule has 0 radical (unpaired) electrons. The zero-order valence-electron chi connectivity index (χ0n) is 17.6. The summed E-state index contributed by atoms with van der Waals surface area (Å²) < 4.78 is 18.7. The van der Waals surface area contributed by atoms with Crippen molar-refractivity contribution in [3.8, 4) is 5.75 Å². The third-order valence-electron chi connectivity index (χ3n) is 5.88. The maximum absolute atomic E-state index is 13.3. The molecule has 1 aliphatic rings. The van der Waals surface area contributed by atoms with Crippen LogP contribution in [0, 0.1) is 5.82 Å². The molecule has 2 aromatic rings. The second kappa shape index (κ2) is 10.4. The molecule has 2 aromatic carbocycles. The second-order valence-corrected chi connectivity index (χ2v) is 8.12. The average Bonchev–Trinajstić information content (AvgIpc) is 2.91. The number of hydrogen-bond acceptors (Lipinski definition) is 4. The number of carbonyl (C=O) groups is 2. The molecular weight excluding hydrogens is 399 g/mol. The predicted molar refractivity (Wildman–Crippen MR) is 115 cm³/mol. The largest absolute Gasteiger partial charge is 0.484 e. The SMILES string of the molecule is CC(=O)N[C@H]1CC[C@](CNC(=O)COc2cccc(F)c2)(c2ccccc2)CC[C@@H]1O. The van der Waals surface area contributed by atoms with Gasteiger partial charge in [-0.3, -0.25) is 9.59 Å². The van der Waals surface area contributed by atoms with Gasteiger partial charge in [-0.25, -0.2) is 4.39 Å². The lowest BCUT2D eigenvalue weighted by Crippen LogP contribution is -2.43. The standard InChI is InChI=1S/C24H29FN2O4/c1-17(28)27-21-10-12-24(13-11-22(21)29,18-6-3-2-4-7-18)16-26-23(30)15-31-20-9-5-8-19(25)14-20/h2-9,14,21-22,29H,10-13,15-16H2,1H3,(H,26,30)(H,27,28)/t21-,22-,24-/m0/s1. The van der Waals surface area contributed by atoms with Crippen LogP contribution in [0.15, 0.2) is 54.6 Å². The number of amides is 2. The summed E-state index contributed by atoms with van der Waals surface area (Å²) >= 11 is 0. The average molecular weight is 429 g/mol. The molecule has 1 aliphatic carbocycles. The minimum atomic E-state index is -0.638. The topological polar surface area (TPSA) is 87.7 Å². The van der Waals surface area contributed by atoms with Crippen molar-refractivity contribution in [2.75, 3.05) is 13.2 Å². The summed E-state index contributed by atoms with van der Waals surface area (Å²) in [6, 6.07) is 15.3. The molecule has 3 atom stereocenters. The van der Waals surface area contributed by atoms with Crippen molar-refractivity contribution in [2.45, 2.75) is 50.2 Å². The Labute approximate surface area is 181 Å². The van der Waals surface area contributed by atoms with Gasteiger partial charge in [-0.15, -0.1) is 0 Å². The summed E-state index contributed by atoms with van der Waals surface area (Å²) in [5.41, 5.74) is 0.710. The lowest BCUT2D eigenvalue weighted by atomic mass is 9.74. The van der Waals surface area contributed by atoms with Crippen molar-refractivity contribution < 1.29 is 23.8 Å². The lowest BCUT2D eigenvalue weighted by molar-refractivity contribution is -0.123. The van der Waals surface area contributed by atoms with E-state index >= 15 is 0 Å². The van der Waals surface area contributed by atoms with Crippen LogP contribution in [0.3, 0.4) is 0 Å². The molecule has 6 nitrogen and oxygen atoms in total. The Balaban J connectivity index is 1.68. The number of rotatable bonds is 7. The summed E-state index contributed by atoms with van der Waals surface area (Å²) in [5, 5.41) is 16.3. The van der Waals surface area contributed by atoms with Crippen molar-refractivity contribution in [1.82, 2.24) is 10.6 Å². The fraction of sp³-hybridized carbons (Fsp3) is 0.417. The first-order valence-electron chi connectivity index (χ1n) is 10.5. The minimum absolute atomic E-state index is 0.168. The third-order valence-corrected chi connectivity index (χ3v) is 5.88. The van der Waals surface area contributed by atoms with E-state index in [1.807, 2.05) is 30.3 Å². The van der Waals surface area contributed by atoms with E-state index in [2.05, 4.69) is 10.6 Å². The van der Waals surface area contributed by atoms with Gasteiger partial charge in [0.15, 0.2) is 6.61 Å². The van der Waals surface area contributed by atoms with Crippen LogP contribution in [0.4, 0.5) is 4.39 Å². The highest BCUT2D eigenvalue weighted by Crippen LogP contribution is 2.38. The number of benzene rings is 2. The molecule has 0 saturated heterocycles. The van der Waals surface area contributed by atoms with Gasteiger partial charge >= 0.3 is 0 Å². The molecule has 0 spiro atoms. The van der Waals surface area contributed by atoms with E-state index in [-0.39, 0.29) is 29.9 Å². The summed E-state index contributed by atoms with van der Waals surface area (Å²) in [7, 11) is 0. The highest BCUT2D eigenvalue weighted by molar-refractivity contribution is 5.77. The molecule has 1 fully saturated rings. The first-order valence-corrected chi connectivity index (χ1v) is 10.5. The molecule has 0 heterocycles. The highest BCUT2D eigenvalue weighted by atomic mass is 19.1. The van der Waals surface area contributed by atoms with Gasteiger partial charge in [0, 0.05) is 24.9 Å². The first kappa shape index (κ1) is 22.7. The number of halogens is 1. The smallest absolute Gasteiger partial charge is 0.257 e. The van der Waals surface area contributed by atoms with Crippen molar-refractivity contribution in [3.63, 3.8) is 0 Å². The fourth-order valence-corrected chi connectivity index (χ4v) is 4.19. The van der Waals surface area contributed by atoms with Gasteiger partial charge < -0.3 is 20.5 Å². The van der Waals surface area contributed by atoms with Crippen LogP contribution < -0.4 is 15.4 Å². The summed E-state index contributed by atoms with van der Waals surface area (Å²) in [6.07, 6.45) is 1.84. The quantitative estimate of drug-likeness (QED) is 0.592. The summed E-state index contributed by atoms with van der Waals surface area (Å²) in [4.78, 5) is 24.0. The van der Waals surface area contributed by atoms with Gasteiger partial charge in [0.1, 0.15) is 11.6 Å². The third kappa shape index (κ3) is 6.28. The van der Waals surface area contributed by atoms with Crippen LogP contribution in [0.25, 0.3) is 0 Å². The van der Waals surface area contributed by atoms with E-state index in [4.69, 9.17) is 4.74 Å². The molecule has 0 aliphatic heterocycles. The zero-order valence-corrected chi connectivity index (χ0v) is 17.6. The van der Waals surface area contributed by atoms with Crippen molar-refractivity contribution >= 4 is 11.8 Å². The summed E-state index contributed by atoms with van der Waals surface area (Å²) in [6.45, 7) is 1.61. The van der Waals surface area contributed by atoms with Crippen LogP contribution in [0.1, 0.15) is 38.2 Å². The van der Waals surface area contributed by atoms with Crippen LogP contribution in [0.5, 0.6) is 5.75 Å². The second-order valence-electron chi connectivity index (χ2n) is 8.12. The van der Waals surface area contributed by atoms with E-state index in [0.29, 0.717) is 38.0 Å². The molecule has 7 heteroatoms. The van der Waals surface area contributed by atoms with E-state index in [9.17, 15) is 19.1 Å². The van der Waals surface area contributed by atoms with E-state index in [1.54, 1.807) is 6.07 Å². The van der Waals surface area contributed by atoms with Crippen molar-refractivity contribution in [2.24, 2.45) is 0 Å².